The molecule has 6 nitrogen and oxygen atoms in total. The number of hydrogen-bond donors (Lipinski definition) is 2. The highest BCUT2D eigenvalue weighted by Crippen LogP contribution is 2.37. The molecule has 0 aliphatic heterocycles. The van der Waals surface area contributed by atoms with Gasteiger partial charge in [-0.3, -0.25) is 9.52 Å². The van der Waals surface area contributed by atoms with Gasteiger partial charge in [0.2, 0.25) is 0 Å². The topological polar surface area (TPSA) is 80.2 Å². The van der Waals surface area contributed by atoms with Gasteiger partial charge in [0.05, 0.1) is 0 Å². The summed E-state index contributed by atoms with van der Waals surface area (Å²) in [7, 11) is -2.21. The third-order valence-electron chi connectivity index (χ3n) is 5.10. The van der Waals surface area contributed by atoms with E-state index in [9.17, 15) is 22.0 Å². The fraction of sp³-hybridized carbons (Fsp3) is 0.0417. The molecule has 4 rings (SSSR count). The third kappa shape index (κ3) is 4.35. The minimum absolute atomic E-state index is 0.211. The van der Waals surface area contributed by atoms with E-state index in [1.807, 2.05) is 0 Å². The number of hydrogen-bond acceptors (Lipinski definition) is 4. The van der Waals surface area contributed by atoms with Crippen LogP contribution < -0.4 is 15.6 Å². The monoisotopic (exact) mass is 467 g/mol. The number of sulfonamides is 1. The van der Waals surface area contributed by atoms with Gasteiger partial charge in [-0.2, -0.15) is 0 Å². The van der Waals surface area contributed by atoms with E-state index in [-0.39, 0.29) is 16.9 Å². The Balaban J connectivity index is 1.99. The fourth-order valence-electron chi connectivity index (χ4n) is 3.53. The highest BCUT2D eigenvalue weighted by molar-refractivity contribution is 7.95. The zero-order valence-corrected chi connectivity index (χ0v) is 18.3. The van der Waals surface area contributed by atoms with Crippen LogP contribution in [0.2, 0.25) is 0 Å². The molecule has 0 radical (unpaired) electrons. The number of rotatable bonds is 6. The third-order valence-corrected chi connectivity index (χ3v) is 6.06. The number of halogens is 2. The van der Waals surface area contributed by atoms with Crippen molar-refractivity contribution in [3.63, 3.8) is 0 Å². The van der Waals surface area contributed by atoms with E-state index in [0.717, 1.165) is 17.5 Å². The van der Waals surface area contributed by atoms with E-state index in [1.165, 1.54) is 28.8 Å². The second-order valence-corrected chi connectivity index (χ2v) is 8.93. The van der Waals surface area contributed by atoms with E-state index in [1.54, 1.807) is 37.5 Å². The molecule has 1 aromatic heterocycles. The Kier molecular flexibility index (Phi) is 5.73. The van der Waals surface area contributed by atoms with Crippen LogP contribution in [0.5, 0.6) is 0 Å². The summed E-state index contributed by atoms with van der Waals surface area (Å²) in [5.74, 6) is -1.58. The van der Waals surface area contributed by atoms with Crippen molar-refractivity contribution in [2.24, 2.45) is 7.05 Å². The lowest BCUT2D eigenvalue weighted by atomic mass is 9.98. The summed E-state index contributed by atoms with van der Waals surface area (Å²) in [6.07, 6.45) is 1.59. The summed E-state index contributed by atoms with van der Waals surface area (Å²) in [5.41, 5.74) is 0.937. The maximum Gasteiger partial charge on any atom is 0.258 e. The average Bonchev–Trinajstić information content (AvgIpc) is 2.79. The van der Waals surface area contributed by atoms with E-state index in [2.05, 4.69) is 16.6 Å². The molecule has 3 aromatic carbocycles. The van der Waals surface area contributed by atoms with E-state index in [0.29, 0.717) is 27.6 Å². The lowest BCUT2D eigenvalue weighted by Crippen LogP contribution is -2.16. The SMILES string of the molecule is C=CS(=O)(=O)Nc1ccc(Nc2c(F)cccc2F)c(-c2cn(C)c(=O)c3ccccc23)c1. The van der Waals surface area contributed by atoms with Gasteiger partial charge in [-0.1, -0.05) is 30.8 Å². The van der Waals surface area contributed by atoms with Gasteiger partial charge in [-0.25, -0.2) is 17.2 Å². The van der Waals surface area contributed by atoms with Crippen LogP contribution >= 0.6 is 0 Å². The van der Waals surface area contributed by atoms with Gasteiger partial charge in [0, 0.05) is 46.5 Å². The van der Waals surface area contributed by atoms with Crippen LogP contribution in [-0.4, -0.2) is 13.0 Å². The first-order valence-corrected chi connectivity index (χ1v) is 11.3. The highest BCUT2D eigenvalue weighted by atomic mass is 32.2. The zero-order valence-electron chi connectivity index (χ0n) is 17.5. The Morgan fingerprint density at radius 3 is 2.27 bits per heavy atom. The predicted molar refractivity (Wildman–Crippen MR) is 127 cm³/mol. The highest BCUT2D eigenvalue weighted by Gasteiger charge is 2.17. The van der Waals surface area contributed by atoms with Crippen molar-refractivity contribution in [1.29, 1.82) is 0 Å². The maximum absolute atomic E-state index is 14.3. The smallest absolute Gasteiger partial charge is 0.258 e. The van der Waals surface area contributed by atoms with Crippen molar-refractivity contribution in [1.82, 2.24) is 4.57 Å². The summed E-state index contributed by atoms with van der Waals surface area (Å²) in [6, 6.07) is 14.9. The number of fused-ring (bicyclic) bond motifs is 1. The largest absolute Gasteiger partial charge is 0.350 e. The van der Waals surface area contributed by atoms with Crippen molar-refractivity contribution < 1.29 is 17.2 Å². The summed E-state index contributed by atoms with van der Waals surface area (Å²) in [6.45, 7) is 3.28. The van der Waals surface area contributed by atoms with Gasteiger partial charge in [0.15, 0.2) is 0 Å². The summed E-state index contributed by atoms with van der Waals surface area (Å²) in [4.78, 5) is 12.6. The second-order valence-electron chi connectivity index (χ2n) is 7.30. The van der Waals surface area contributed by atoms with Crippen molar-refractivity contribution in [3.8, 4) is 11.1 Å². The molecule has 0 spiro atoms. The van der Waals surface area contributed by atoms with Gasteiger partial charge in [-0.15, -0.1) is 0 Å². The Morgan fingerprint density at radius 1 is 0.939 bits per heavy atom. The van der Waals surface area contributed by atoms with Crippen molar-refractivity contribution in [2.45, 2.75) is 0 Å². The first kappa shape index (κ1) is 22.2. The van der Waals surface area contributed by atoms with Crippen LogP contribution in [0.1, 0.15) is 0 Å². The molecule has 0 aliphatic carbocycles. The summed E-state index contributed by atoms with van der Waals surface area (Å²) in [5, 5.41) is 4.59. The second kappa shape index (κ2) is 8.51. The Hall–Kier alpha value is -3.98. The molecular formula is C24H19F2N3O3S. The number of para-hydroxylation sites is 1. The van der Waals surface area contributed by atoms with E-state index < -0.39 is 21.7 Å². The minimum atomic E-state index is -3.80. The van der Waals surface area contributed by atoms with Gasteiger partial charge < -0.3 is 9.88 Å². The molecule has 4 aromatic rings. The van der Waals surface area contributed by atoms with Gasteiger partial charge in [0.25, 0.3) is 15.6 Å². The molecule has 168 valence electrons. The molecule has 0 saturated carbocycles. The summed E-state index contributed by atoms with van der Waals surface area (Å²) < 4.78 is 56.5. The molecule has 2 N–H and O–H groups in total. The Morgan fingerprint density at radius 2 is 1.61 bits per heavy atom. The molecular weight excluding hydrogens is 448 g/mol. The molecule has 1 heterocycles. The molecule has 0 fully saturated rings. The quantitative estimate of drug-likeness (QED) is 0.413. The van der Waals surface area contributed by atoms with Crippen LogP contribution in [-0.2, 0) is 17.1 Å². The molecule has 0 amide bonds. The lowest BCUT2D eigenvalue weighted by molar-refractivity contribution is 0.591. The molecule has 0 aliphatic rings. The number of aromatic nitrogens is 1. The van der Waals surface area contributed by atoms with Crippen LogP contribution in [0.25, 0.3) is 21.9 Å². The molecule has 0 bridgehead atoms. The van der Waals surface area contributed by atoms with Crippen LogP contribution in [0.3, 0.4) is 0 Å². The van der Waals surface area contributed by atoms with Crippen LogP contribution in [0.4, 0.5) is 25.8 Å². The Bertz CT molecular complexity index is 1540. The number of nitrogens with zero attached hydrogens (tertiary/aromatic N) is 1. The predicted octanol–water partition coefficient (Wildman–Crippen LogP) is 5.11. The van der Waals surface area contributed by atoms with E-state index in [4.69, 9.17) is 0 Å². The minimum Gasteiger partial charge on any atom is -0.350 e. The molecule has 33 heavy (non-hydrogen) atoms. The normalized spacial score (nSPS) is 11.4. The first-order chi connectivity index (χ1) is 15.7. The van der Waals surface area contributed by atoms with Gasteiger partial charge >= 0.3 is 0 Å². The summed E-state index contributed by atoms with van der Waals surface area (Å²) >= 11 is 0. The molecule has 0 saturated heterocycles. The first-order valence-electron chi connectivity index (χ1n) is 9.79. The van der Waals surface area contributed by atoms with E-state index >= 15 is 0 Å². The van der Waals surface area contributed by atoms with Crippen LogP contribution in [0, 0.1) is 11.6 Å². The molecule has 0 unspecified atom stereocenters. The van der Waals surface area contributed by atoms with Crippen molar-refractivity contribution in [3.05, 3.63) is 101 Å². The lowest BCUT2D eigenvalue weighted by Gasteiger charge is -2.17. The maximum atomic E-state index is 14.3. The number of benzene rings is 3. The molecule has 9 heteroatoms. The number of aryl methyl sites for hydroxylation is 1. The van der Waals surface area contributed by atoms with Gasteiger partial charge in [-0.05, 0) is 41.8 Å². The Labute approximate surface area is 188 Å². The number of anilines is 3. The number of nitrogens with one attached hydrogen (secondary N) is 2. The molecule has 0 atom stereocenters. The average molecular weight is 467 g/mol. The van der Waals surface area contributed by atoms with Crippen LogP contribution in [0.15, 0.2) is 83.6 Å². The van der Waals surface area contributed by atoms with Gasteiger partial charge in [0.1, 0.15) is 17.3 Å². The fourth-order valence-corrected chi connectivity index (χ4v) is 4.07. The zero-order chi connectivity index (χ0) is 23.8. The van der Waals surface area contributed by atoms with Crippen molar-refractivity contribution >= 4 is 37.9 Å². The van der Waals surface area contributed by atoms with Crippen molar-refractivity contribution in [2.75, 3.05) is 10.0 Å². The standard InChI is InChI=1S/C24H19F2N3O3S/c1-3-33(31,32)28-15-11-12-22(27-23-20(25)9-6-10-21(23)26)18(13-15)19-14-29(2)24(30)17-8-5-4-7-16(17)19/h3-14,27-28H,1H2,2H3. The number of pyridine rings is 1.